The highest BCUT2D eigenvalue weighted by atomic mass is 16.2. The summed E-state index contributed by atoms with van der Waals surface area (Å²) in [6.45, 7) is 17.2. The fraction of sp³-hybridized carbons (Fsp3) is 0.941. The van der Waals surface area contributed by atoms with Gasteiger partial charge in [0, 0.05) is 6.54 Å². The van der Waals surface area contributed by atoms with Gasteiger partial charge in [-0.25, -0.2) is 0 Å². The van der Waals surface area contributed by atoms with Gasteiger partial charge >= 0.3 is 0 Å². The molecule has 1 aliphatic rings. The molecule has 1 heterocycles. The third kappa shape index (κ3) is 4.68. The zero-order valence-corrected chi connectivity index (χ0v) is 14.9. The van der Waals surface area contributed by atoms with Crippen LogP contribution in [0, 0.1) is 11.8 Å². The lowest BCUT2D eigenvalue weighted by Gasteiger charge is -2.28. The smallest absolute Gasteiger partial charge is 0.241 e. The summed E-state index contributed by atoms with van der Waals surface area (Å²) in [5.74, 6) is 1.17. The quantitative estimate of drug-likeness (QED) is 0.710. The van der Waals surface area contributed by atoms with Crippen LogP contribution in [0.25, 0.3) is 0 Å². The highest BCUT2D eigenvalue weighted by Gasteiger charge is 2.41. The van der Waals surface area contributed by atoms with Crippen LogP contribution >= 0.6 is 0 Å². The van der Waals surface area contributed by atoms with Crippen molar-refractivity contribution in [3.63, 3.8) is 0 Å². The Morgan fingerprint density at radius 1 is 1.19 bits per heavy atom. The monoisotopic (exact) mass is 297 g/mol. The van der Waals surface area contributed by atoms with Crippen LogP contribution in [0.5, 0.6) is 0 Å². The summed E-state index contributed by atoms with van der Waals surface area (Å²) in [7, 11) is 0. The second-order valence-electron chi connectivity index (χ2n) is 6.63. The fourth-order valence-electron chi connectivity index (χ4n) is 3.11. The van der Waals surface area contributed by atoms with Gasteiger partial charge in [0.15, 0.2) is 0 Å². The third-order valence-corrected chi connectivity index (χ3v) is 4.85. The number of rotatable bonds is 9. The number of nitrogens with one attached hydrogen (secondary N) is 1. The lowest BCUT2D eigenvalue weighted by Crippen LogP contribution is -2.42. The van der Waals surface area contributed by atoms with Gasteiger partial charge in [-0.2, -0.15) is 0 Å². The average Bonchev–Trinajstić information content (AvgIpc) is 2.80. The first kappa shape index (κ1) is 18.4. The van der Waals surface area contributed by atoms with Crippen LogP contribution < -0.4 is 5.32 Å². The van der Waals surface area contributed by atoms with Crippen molar-refractivity contribution in [2.45, 2.75) is 66.6 Å². The molecule has 3 unspecified atom stereocenters. The summed E-state index contributed by atoms with van der Waals surface area (Å²) in [5, 5.41) is 3.57. The number of carbonyl (C=O) groups is 1. The largest absolute Gasteiger partial charge is 0.325 e. The van der Waals surface area contributed by atoms with E-state index in [-0.39, 0.29) is 12.2 Å². The van der Waals surface area contributed by atoms with Gasteiger partial charge in [-0.1, -0.05) is 48.0 Å². The Balaban J connectivity index is 2.62. The second-order valence-corrected chi connectivity index (χ2v) is 6.63. The predicted molar refractivity (Wildman–Crippen MR) is 89.1 cm³/mol. The molecule has 1 rings (SSSR count). The molecule has 1 N–H and O–H groups in total. The lowest BCUT2D eigenvalue weighted by atomic mass is 9.99. The maximum atomic E-state index is 12.7. The Morgan fingerprint density at radius 3 is 2.29 bits per heavy atom. The Kier molecular flexibility index (Phi) is 7.67. The Morgan fingerprint density at radius 2 is 1.81 bits per heavy atom. The van der Waals surface area contributed by atoms with Gasteiger partial charge in [0.05, 0.1) is 12.2 Å². The van der Waals surface area contributed by atoms with Crippen LogP contribution in [-0.4, -0.2) is 54.1 Å². The minimum atomic E-state index is 0.0100. The fourth-order valence-corrected chi connectivity index (χ4v) is 3.11. The van der Waals surface area contributed by atoms with E-state index in [4.69, 9.17) is 0 Å². The SMILES string of the molecule is CCC(C)C1NC(C(C)C)N(CCCN(CC)CC)C1=O. The van der Waals surface area contributed by atoms with Crippen LogP contribution in [0.2, 0.25) is 0 Å². The Labute approximate surface area is 131 Å². The molecule has 0 saturated carbocycles. The number of hydrogen-bond acceptors (Lipinski definition) is 3. The molecule has 0 bridgehead atoms. The lowest BCUT2D eigenvalue weighted by molar-refractivity contribution is -0.131. The van der Waals surface area contributed by atoms with Gasteiger partial charge in [0.25, 0.3) is 0 Å². The molecule has 1 saturated heterocycles. The molecule has 0 aromatic rings. The van der Waals surface area contributed by atoms with Crippen molar-refractivity contribution in [2.75, 3.05) is 26.2 Å². The molecule has 0 spiro atoms. The van der Waals surface area contributed by atoms with Crippen molar-refractivity contribution < 1.29 is 4.79 Å². The van der Waals surface area contributed by atoms with Gasteiger partial charge in [0.1, 0.15) is 0 Å². The van der Waals surface area contributed by atoms with Gasteiger partial charge in [-0.3, -0.25) is 10.1 Å². The minimum Gasteiger partial charge on any atom is -0.325 e. The highest BCUT2D eigenvalue weighted by molar-refractivity contribution is 5.84. The maximum Gasteiger partial charge on any atom is 0.241 e. The van der Waals surface area contributed by atoms with Crippen molar-refractivity contribution in [3.8, 4) is 0 Å². The summed E-state index contributed by atoms with van der Waals surface area (Å²) in [4.78, 5) is 17.2. The van der Waals surface area contributed by atoms with Crippen LogP contribution in [0.4, 0.5) is 0 Å². The van der Waals surface area contributed by atoms with Crippen molar-refractivity contribution >= 4 is 5.91 Å². The molecule has 0 aromatic carbocycles. The summed E-state index contributed by atoms with van der Waals surface area (Å²) < 4.78 is 0. The summed E-state index contributed by atoms with van der Waals surface area (Å²) in [6, 6.07) is 0.0100. The average molecular weight is 297 g/mol. The first-order valence-corrected chi connectivity index (χ1v) is 8.75. The van der Waals surface area contributed by atoms with Crippen molar-refractivity contribution in [2.24, 2.45) is 11.8 Å². The molecule has 124 valence electrons. The standard InChI is InChI=1S/C17H35N3O/c1-7-14(6)15-17(21)20(16(18-15)13(4)5)12-10-11-19(8-2)9-3/h13-16,18H,7-12H2,1-6H3. The molecule has 21 heavy (non-hydrogen) atoms. The molecule has 1 amide bonds. The van der Waals surface area contributed by atoms with E-state index in [1.807, 2.05) is 0 Å². The van der Waals surface area contributed by atoms with Crippen molar-refractivity contribution in [1.82, 2.24) is 15.1 Å². The van der Waals surface area contributed by atoms with E-state index in [0.29, 0.717) is 17.7 Å². The van der Waals surface area contributed by atoms with E-state index < -0.39 is 0 Å². The third-order valence-electron chi connectivity index (χ3n) is 4.85. The molecule has 0 radical (unpaired) electrons. The topological polar surface area (TPSA) is 35.6 Å². The van der Waals surface area contributed by atoms with E-state index in [1.54, 1.807) is 0 Å². The summed E-state index contributed by atoms with van der Waals surface area (Å²) >= 11 is 0. The van der Waals surface area contributed by atoms with E-state index in [1.165, 1.54) is 0 Å². The van der Waals surface area contributed by atoms with Gasteiger partial charge in [0.2, 0.25) is 5.91 Å². The van der Waals surface area contributed by atoms with E-state index in [2.05, 4.69) is 56.7 Å². The molecule has 4 nitrogen and oxygen atoms in total. The van der Waals surface area contributed by atoms with Gasteiger partial charge in [-0.15, -0.1) is 0 Å². The van der Waals surface area contributed by atoms with Gasteiger partial charge in [-0.05, 0) is 37.9 Å². The van der Waals surface area contributed by atoms with Crippen molar-refractivity contribution in [1.29, 1.82) is 0 Å². The van der Waals surface area contributed by atoms with Crippen LogP contribution in [0.1, 0.15) is 54.4 Å². The minimum absolute atomic E-state index is 0.0100. The van der Waals surface area contributed by atoms with E-state index >= 15 is 0 Å². The molecule has 0 aliphatic carbocycles. The number of amides is 1. The Bertz CT molecular complexity index is 315. The number of nitrogens with zero attached hydrogens (tertiary/aromatic N) is 2. The van der Waals surface area contributed by atoms with Gasteiger partial charge < -0.3 is 9.80 Å². The molecular weight excluding hydrogens is 262 g/mol. The van der Waals surface area contributed by atoms with Crippen LogP contribution in [-0.2, 0) is 4.79 Å². The predicted octanol–water partition coefficient (Wildman–Crippen LogP) is 2.55. The zero-order valence-electron chi connectivity index (χ0n) is 14.9. The van der Waals surface area contributed by atoms with Crippen molar-refractivity contribution in [3.05, 3.63) is 0 Å². The summed E-state index contributed by atoms with van der Waals surface area (Å²) in [6.07, 6.45) is 2.31. The molecule has 3 atom stereocenters. The number of hydrogen-bond donors (Lipinski definition) is 1. The normalized spacial score (nSPS) is 24.4. The Hall–Kier alpha value is -0.610. The molecular formula is C17H35N3O. The molecule has 0 aromatic heterocycles. The van der Waals surface area contributed by atoms with E-state index in [0.717, 1.165) is 39.0 Å². The second kappa shape index (κ2) is 8.74. The zero-order chi connectivity index (χ0) is 16.0. The summed E-state index contributed by atoms with van der Waals surface area (Å²) in [5.41, 5.74) is 0. The van der Waals surface area contributed by atoms with Crippen LogP contribution in [0.15, 0.2) is 0 Å². The van der Waals surface area contributed by atoms with Crippen LogP contribution in [0.3, 0.4) is 0 Å². The molecule has 1 aliphatic heterocycles. The first-order chi connectivity index (χ1) is 9.96. The highest BCUT2D eigenvalue weighted by Crippen LogP contribution is 2.23. The first-order valence-electron chi connectivity index (χ1n) is 8.75. The molecule has 4 heteroatoms. The molecule has 1 fully saturated rings. The maximum absolute atomic E-state index is 12.7. The van der Waals surface area contributed by atoms with E-state index in [9.17, 15) is 4.79 Å². The number of carbonyl (C=O) groups excluding carboxylic acids is 1.